The summed E-state index contributed by atoms with van der Waals surface area (Å²) in [4.78, 5) is 30.6. The normalized spacial score (nSPS) is 14.0. The van der Waals surface area contributed by atoms with E-state index in [1.807, 2.05) is 50.3 Å². The van der Waals surface area contributed by atoms with E-state index in [-0.39, 0.29) is 5.91 Å². The number of carbonyl (C=O) groups is 2. The van der Waals surface area contributed by atoms with Crippen LogP contribution in [0.2, 0.25) is 0 Å². The number of carbonyl (C=O) groups excluding carboxylic acids is 2. The third kappa shape index (κ3) is 20.4. The number of aldehydes is 1. The van der Waals surface area contributed by atoms with Crippen molar-refractivity contribution < 1.29 is 9.59 Å². The molecule has 3 rings (SSSR count). The number of nitrogens with zero attached hydrogens (tertiary/aromatic N) is 2. The van der Waals surface area contributed by atoms with Crippen LogP contribution in [0.15, 0.2) is 64.5 Å². The van der Waals surface area contributed by atoms with Crippen LogP contribution in [-0.2, 0) is 11.3 Å². The van der Waals surface area contributed by atoms with Gasteiger partial charge in [-0.05, 0) is 82.8 Å². The van der Waals surface area contributed by atoms with E-state index >= 15 is 0 Å². The molecule has 0 aromatic heterocycles. The highest BCUT2D eigenvalue weighted by atomic mass is 16.2. The van der Waals surface area contributed by atoms with Gasteiger partial charge in [0.25, 0.3) is 5.91 Å². The van der Waals surface area contributed by atoms with Gasteiger partial charge in [0.1, 0.15) is 6.29 Å². The fourth-order valence-electron chi connectivity index (χ4n) is 4.12. The van der Waals surface area contributed by atoms with E-state index in [1.54, 1.807) is 18.5 Å². The Balaban J connectivity index is 0.00000150. The van der Waals surface area contributed by atoms with Gasteiger partial charge in [0.05, 0.1) is 24.3 Å². The number of hydrogen-bond donors (Lipinski definition) is 4. The van der Waals surface area contributed by atoms with Crippen molar-refractivity contribution in [2.45, 2.75) is 86.6 Å². The predicted octanol–water partition coefficient (Wildman–Crippen LogP) is 6.48. The summed E-state index contributed by atoms with van der Waals surface area (Å²) >= 11 is 0. The molecule has 1 aliphatic carbocycles. The van der Waals surface area contributed by atoms with E-state index in [0.717, 1.165) is 54.7 Å². The Hall–Kier alpha value is -3.23. The number of likely N-dealkylation sites (N-methyl/N-ethyl adjacent to an activating group) is 1. The molecule has 0 unspecified atom stereocenters. The quantitative estimate of drug-likeness (QED) is 0.114. The van der Waals surface area contributed by atoms with Crippen molar-refractivity contribution in [2.24, 2.45) is 16.8 Å². The first-order valence-corrected chi connectivity index (χ1v) is 16.8. The fraction of sp³-hybridized carbons (Fsp3) is 0.595. The summed E-state index contributed by atoms with van der Waals surface area (Å²) in [5, 5.41) is 12.4. The summed E-state index contributed by atoms with van der Waals surface area (Å²) in [6.45, 7) is 17.6. The largest absolute Gasteiger partial charge is 0.386 e. The molecule has 0 atom stereocenters. The number of benzene rings is 1. The lowest BCUT2D eigenvalue weighted by Gasteiger charge is -2.25. The molecular weight excluding hydrogens is 560 g/mol. The van der Waals surface area contributed by atoms with Gasteiger partial charge in [0.2, 0.25) is 0 Å². The number of hydrogen-bond acceptors (Lipinski definition) is 6. The molecule has 0 spiro atoms. The van der Waals surface area contributed by atoms with E-state index in [0.29, 0.717) is 30.4 Å². The molecule has 4 N–H and O–H groups in total. The van der Waals surface area contributed by atoms with Gasteiger partial charge in [-0.3, -0.25) is 14.6 Å². The maximum atomic E-state index is 13.4. The van der Waals surface area contributed by atoms with Gasteiger partial charge in [-0.1, -0.05) is 84.4 Å². The van der Waals surface area contributed by atoms with Gasteiger partial charge in [-0.25, -0.2) is 0 Å². The first-order chi connectivity index (χ1) is 21.7. The van der Waals surface area contributed by atoms with Crippen LogP contribution in [0.5, 0.6) is 0 Å². The molecule has 1 saturated heterocycles. The molecule has 1 aliphatic heterocycles. The molecule has 0 bridgehead atoms. The van der Waals surface area contributed by atoms with E-state index in [1.165, 1.54) is 32.4 Å². The number of rotatable bonds is 13. The molecule has 1 aromatic rings. The van der Waals surface area contributed by atoms with Crippen molar-refractivity contribution in [3.05, 3.63) is 70.6 Å². The molecule has 0 saturated carbocycles. The monoisotopic (exact) mass is 625 g/mol. The summed E-state index contributed by atoms with van der Waals surface area (Å²) in [6, 6.07) is 7.38. The van der Waals surface area contributed by atoms with Crippen molar-refractivity contribution in [3.8, 4) is 0 Å². The molecule has 0 radical (unpaired) electrons. The zero-order valence-corrected chi connectivity index (χ0v) is 29.8. The second kappa shape index (κ2) is 27.1. The van der Waals surface area contributed by atoms with Crippen molar-refractivity contribution >= 4 is 18.5 Å². The maximum Gasteiger partial charge on any atom is 0.253 e. The van der Waals surface area contributed by atoms with E-state index in [9.17, 15) is 9.59 Å². The molecule has 1 fully saturated rings. The van der Waals surface area contributed by atoms with Crippen LogP contribution in [0.4, 0.5) is 0 Å². The smallest absolute Gasteiger partial charge is 0.253 e. The number of allylic oxidation sites excluding steroid dienone is 2. The van der Waals surface area contributed by atoms with Crippen LogP contribution in [0.25, 0.3) is 0 Å². The lowest BCUT2D eigenvalue weighted by molar-refractivity contribution is -0.127. The Labute approximate surface area is 275 Å². The highest BCUT2D eigenvalue weighted by Crippen LogP contribution is 2.18. The first-order valence-electron chi connectivity index (χ1n) is 16.8. The Kier molecular flexibility index (Phi) is 25.2. The Morgan fingerprint density at radius 2 is 1.49 bits per heavy atom. The number of aliphatic imine (C=N–C) groups is 1. The van der Waals surface area contributed by atoms with E-state index < -0.39 is 0 Å². The molecule has 1 heterocycles. The minimum absolute atomic E-state index is 0.0936. The van der Waals surface area contributed by atoms with E-state index in [4.69, 9.17) is 0 Å². The SMILES string of the molecule is C1CCNC1.CCC.CNC.CNC1=CC(C(=O)N(CCC(C)C)CCC(C)C)=CCC=C1NC=NCc1ccc(C=O)cc1. The molecule has 1 amide bonds. The van der Waals surface area contributed by atoms with Crippen LogP contribution in [0.3, 0.4) is 0 Å². The second-order valence-corrected chi connectivity index (χ2v) is 12.1. The zero-order valence-electron chi connectivity index (χ0n) is 29.8. The molecule has 2 aliphatic rings. The summed E-state index contributed by atoms with van der Waals surface area (Å²) in [5.41, 5.74) is 4.14. The van der Waals surface area contributed by atoms with Crippen LogP contribution in [-0.4, -0.2) is 70.8 Å². The Morgan fingerprint density at radius 3 is 1.93 bits per heavy atom. The first kappa shape index (κ1) is 41.8. The van der Waals surface area contributed by atoms with E-state index in [2.05, 4.69) is 73.9 Å². The molecule has 1 aromatic carbocycles. The topological polar surface area (TPSA) is 97.9 Å². The lowest BCUT2D eigenvalue weighted by atomic mass is 10.1. The Bertz CT molecular complexity index is 1020. The predicted molar refractivity (Wildman–Crippen MR) is 194 cm³/mol. The highest BCUT2D eigenvalue weighted by Gasteiger charge is 2.19. The van der Waals surface area contributed by atoms with Crippen molar-refractivity contribution in [1.29, 1.82) is 0 Å². The summed E-state index contributed by atoms with van der Waals surface area (Å²) in [7, 11) is 5.61. The fourth-order valence-corrected chi connectivity index (χ4v) is 4.12. The van der Waals surface area contributed by atoms with Crippen LogP contribution >= 0.6 is 0 Å². The van der Waals surface area contributed by atoms with Gasteiger partial charge in [-0.2, -0.15) is 0 Å². The zero-order chi connectivity index (χ0) is 33.9. The number of nitrogens with one attached hydrogen (secondary N) is 4. The van der Waals surface area contributed by atoms with Crippen molar-refractivity contribution in [3.63, 3.8) is 0 Å². The molecule has 8 nitrogen and oxygen atoms in total. The second-order valence-electron chi connectivity index (χ2n) is 12.1. The standard InChI is InChI=1S/C28H40N4O2.C4H9N.C3H8.C2H7N/c1-21(2)13-15-32(16-14-22(3)4)28(34)25-7-6-8-26(27(17-25)29-5)31-20-30-18-23-9-11-24(19-33)12-10-23;1-2-4-5-3-1;2*1-3-2/h7-12,17,19-22,29H,6,13-16,18H2,1-5H3,(H,30,31);5H,1-4H2;3H2,1-2H3;3H,1-2H3. The summed E-state index contributed by atoms with van der Waals surface area (Å²) < 4.78 is 0. The lowest BCUT2D eigenvalue weighted by Crippen LogP contribution is -2.35. The van der Waals surface area contributed by atoms with Crippen molar-refractivity contribution in [1.82, 2.24) is 26.2 Å². The van der Waals surface area contributed by atoms with Gasteiger partial charge < -0.3 is 26.2 Å². The minimum atomic E-state index is 0.0936. The van der Waals surface area contributed by atoms with Gasteiger partial charge in [-0.15, -0.1) is 0 Å². The number of amides is 1. The van der Waals surface area contributed by atoms with Crippen LogP contribution in [0.1, 0.15) is 96.0 Å². The van der Waals surface area contributed by atoms with Crippen LogP contribution < -0.4 is 21.3 Å². The molecular formula is C37H64N6O2. The van der Waals surface area contributed by atoms with Gasteiger partial charge in [0.15, 0.2) is 0 Å². The van der Waals surface area contributed by atoms with Gasteiger partial charge >= 0.3 is 0 Å². The van der Waals surface area contributed by atoms with Crippen molar-refractivity contribution in [2.75, 3.05) is 47.3 Å². The maximum absolute atomic E-state index is 13.4. The van der Waals surface area contributed by atoms with Gasteiger partial charge in [0, 0.05) is 31.3 Å². The average molecular weight is 625 g/mol. The highest BCUT2D eigenvalue weighted by molar-refractivity contribution is 5.96. The summed E-state index contributed by atoms with van der Waals surface area (Å²) in [6.07, 6.45) is 15.2. The Morgan fingerprint density at radius 1 is 0.933 bits per heavy atom. The average Bonchev–Trinajstić information content (AvgIpc) is 3.54. The molecule has 254 valence electrons. The third-order valence-corrected chi connectivity index (χ3v) is 6.66. The molecule has 8 heteroatoms. The van der Waals surface area contributed by atoms with Crippen LogP contribution in [0, 0.1) is 11.8 Å². The third-order valence-electron chi connectivity index (χ3n) is 6.66. The minimum Gasteiger partial charge on any atom is -0.386 e. The summed E-state index contributed by atoms with van der Waals surface area (Å²) in [5.74, 6) is 1.21. The molecule has 45 heavy (non-hydrogen) atoms.